The minimum atomic E-state index is -0.974. The van der Waals surface area contributed by atoms with Crippen LogP contribution in [-0.2, 0) is 0 Å². The minimum Gasteiger partial charge on any atom is -0.478 e. The third-order valence-electron chi connectivity index (χ3n) is 2.67. The van der Waals surface area contributed by atoms with Gasteiger partial charge in [-0.3, -0.25) is 0 Å². The van der Waals surface area contributed by atoms with Gasteiger partial charge in [0.15, 0.2) is 0 Å². The van der Waals surface area contributed by atoms with Crippen molar-refractivity contribution in [1.82, 2.24) is 4.98 Å². The highest BCUT2D eigenvalue weighted by Crippen LogP contribution is 2.17. The van der Waals surface area contributed by atoms with Crippen molar-refractivity contribution in [2.75, 3.05) is 11.9 Å². The molecule has 0 aliphatic heterocycles. The lowest BCUT2D eigenvalue weighted by atomic mass is 10.1. The number of aliphatic hydroxyl groups is 1. The number of hydrogen-bond acceptors (Lipinski definition) is 4. The molecule has 1 unspecified atom stereocenters. The van der Waals surface area contributed by atoms with Crippen molar-refractivity contribution in [3.8, 4) is 0 Å². The van der Waals surface area contributed by atoms with Gasteiger partial charge in [0.2, 0.25) is 0 Å². The van der Waals surface area contributed by atoms with Crippen LogP contribution in [0.3, 0.4) is 0 Å². The van der Waals surface area contributed by atoms with Crippen molar-refractivity contribution in [1.29, 1.82) is 0 Å². The smallest absolute Gasteiger partial charge is 0.335 e. The lowest BCUT2D eigenvalue weighted by Crippen LogP contribution is -2.19. The van der Waals surface area contributed by atoms with E-state index in [9.17, 15) is 9.90 Å². The summed E-state index contributed by atoms with van der Waals surface area (Å²) in [5, 5.41) is 21.5. The Hall–Kier alpha value is -1.62. The molecule has 1 heterocycles. The maximum Gasteiger partial charge on any atom is 0.335 e. The Labute approximate surface area is 107 Å². The lowest BCUT2D eigenvalue weighted by Gasteiger charge is -2.13. The summed E-state index contributed by atoms with van der Waals surface area (Å²) in [6, 6.07) is 3.06. The molecule has 0 fully saturated rings. The van der Waals surface area contributed by atoms with Gasteiger partial charge < -0.3 is 15.5 Å². The zero-order chi connectivity index (χ0) is 13.7. The molecule has 0 amide bonds. The summed E-state index contributed by atoms with van der Waals surface area (Å²) in [6.45, 7) is 6.16. The number of aromatic carboxylic acids is 1. The Kier molecular flexibility index (Phi) is 5.09. The molecule has 5 heteroatoms. The van der Waals surface area contributed by atoms with E-state index in [4.69, 9.17) is 5.11 Å². The lowest BCUT2D eigenvalue weighted by molar-refractivity contribution is 0.0696. The van der Waals surface area contributed by atoms with Crippen molar-refractivity contribution in [3.63, 3.8) is 0 Å². The Morgan fingerprint density at radius 3 is 2.61 bits per heavy atom. The van der Waals surface area contributed by atoms with Crippen molar-refractivity contribution in [2.45, 2.75) is 39.2 Å². The first-order valence-electron chi connectivity index (χ1n) is 6.11. The maximum atomic E-state index is 11.0. The molecule has 0 bridgehead atoms. The predicted octanol–water partition coefficient (Wildman–Crippen LogP) is 2.09. The fourth-order valence-corrected chi connectivity index (χ4v) is 1.43. The molecule has 1 aromatic rings. The molecular weight excluding hydrogens is 232 g/mol. The van der Waals surface area contributed by atoms with E-state index < -0.39 is 12.1 Å². The molecule has 0 saturated heterocycles. The Morgan fingerprint density at radius 1 is 1.44 bits per heavy atom. The van der Waals surface area contributed by atoms with Gasteiger partial charge in [0.05, 0.1) is 11.7 Å². The molecule has 1 atom stereocenters. The van der Waals surface area contributed by atoms with Crippen molar-refractivity contribution in [3.05, 3.63) is 23.4 Å². The standard InChI is InChI=1S/C13H20N2O3/c1-4-10(16)7-14-12-6-9(13(17)18)5-11(15-12)8(2)3/h5-6,8,10,16H,4,7H2,1-3H3,(H,14,15)(H,17,18). The van der Waals surface area contributed by atoms with E-state index in [2.05, 4.69) is 10.3 Å². The van der Waals surface area contributed by atoms with Crippen LogP contribution in [-0.4, -0.2) is 33.8 Å². The molecule has 0 aromatic carbocycles. The molecule has 0 spiro atoms. The maximum absolute atomic E-state index is 11.0. The first kappa shape index (κ1) is 14.4. The number of carboxylic acids is 1. The summed E-state index contributed by atoms with van der Waals surface area (Å²) in [5.41, 5.74) is 0.936. The number of pyridine rings is 1. The summed E-state index contributed by atoms with van der Waals surface area (Å²) < 4.78 is 0. The van der Waals surface area contributed by atoms with E-state index in [-0.39, 0.29) is 11.5 Å². The average molecular weight is 252 g/mol. The highest BCUT2D eigenvalue weighted by atomic mass is 16.4. The van der Waals surface area contributed by atoms with Gasteiger partial charge in [0.25, 0.3) is 0 Å². The number of anilines is 1. The van der Waals surface area contributed by atoms with E-state index in [0.29, 0.717) is 18.8 Å². The largest absolute Gasteiger partial charge is 0.478 e. The number of nitrogens with zero attached hydrogens (tertiary/aromatic N) is 1. The average Bonchev–Trinajstić information content (AvgIpc) is 2.35. The number of rotatable bonds is 6. The van der Waals surface area contributed by atoms with Crippen LogP contribution in [0.15, 0.2) is 12.1 Å². The predicted molar refractivity (Wildman–Crippen MR) is 70.1 cm³/mol. The first-order chi connectivity index (χ1) is 8.43. The van der Waals surface area contributed by atoms with Gasteiger partial charge in [-0.2, -0.15) is 0 Å². The summed E-state index contributed by atoms with van der Waals surface area (Å²) in [5.74, 6) is -0.328. The topological polar surface area (TPSA) is 82.5 Å². The number of aliphatic hydroxyl groups excluding tert-OH is 1. The monoisotopic (exact) mass is 252 g/mol. The third-order valence-corrected chi connectivity index (χ3v) is 2.67. The zero-order valence-corrected chi connectivity index (χ0v) is 11.0. The van der Waals surface area contributed by atoms with Gasteiger partial charge in [-0.05, 0) is 24.5 Å². The zero-order valence-electron chi connectivity index (χ0n) is 11.0. The molecule has 1 rings (SSSR count). The van der Waals surface area contributed by atoms with Crippen LogP contribution in [0.25, 0.3) is 0 Å². The Bertz CT molecular complexity index is 419. The summed E-state index contributed by atoms with van der Waals surface area (Å²) in [7, 11) is 0. The van der Waals surface area contributed by atoms with Crippen molar-refractivity contribution < 1.29 is 15.0 Å². The van der Waals surface area contributed by atoms with Crippen molar-refractivity contribution in [2.24, 2.45) is 0 Å². The van der Waals surface area contributed by atoms with E-state index in [0.717, 1.165) is 5.69 Å². The van der Waals surface area contributed by atoms with Gasteiger partial charge >= 0.3 is 5.97 Å². The van der Waals surface area contributed by atoms with Gasteiger partial charge in [-0.25, -0.2) is 9.78 Å². The van der Waals surface area contributed by atoms with E-state index in [1.807, 2.05) is 20.8 Å². The molecule has 18 heavy (non-hydrogen) atoms. The highest BCUT2D eigenvalue weighted by molar-refractivity contribution is 5.88. The second-order valence-electron chi connectivity index (χ2n) is 4.57. The van der Waals surface area contributed by atoms with Crippen LogP contribution in [0, 0.1) is 0 Å². The van der Waals surface area contributed by atoms with Gasteiger partial charge in [-0.1, -0.05) is 20.8 Å². The molecule has 0 aliphatic carbocycles. The summed E-state index contributed by atoms with van der Waals surface area (Å²) >= 11 is 0. The molecule has 0 saturated carbocycles. The number of carbonyl (C=O) groups is 1. The first-order valence-corrected chi connectivity index (χ1v) is 6.11. The molecule has 0 aliphatic rings. The van der Waals surface area contributed by atoms with Crippen LogP contribution in [0.1, 0.15) is 49.2 Å². The molecule has 5 nitrogen and oxygen atoms in total. The second-order valence-corrected chi connectivity index (χ2v) is 4.57. The molecule has 3 N–H and O–H groups in total. The Morgan fingerprint density at radius 2 is 2.11 bits per heavy atom. The molecular formula is C13H20N2O3. The molecule has 0 radical (unpaired) electrons. The molecule has 100 valence electrons. The van der Waals surface area contributed by atoms with Crippen LogP contribution >= 0.6 is 0 Å². The SMILES string of the molecule is CCC(O)CNc1cc(C(=O)O)cc(C(C)C)n1. The van der Waals surface area contributed by atoms with E-state index in [1.165, 1.54) is 6.07 Å². The Balaban J connectivity index is 2.93. The number of hydrogen-bond donors (Lipinski definition) is 3. The number of carboxylic acid groups (broad SMARTS) is 1. The van der Waals surface area contributed by atoms with Gasteiger partial charge in [0, 0.05) is 12.2 Å². The van der Waals surface area contributed by atoms with Gasteiger partial charge in [0.1, 0.15) is 5.82 Å². The van der Waals surface area contributed by atoms with Crippen molar-refractivity contribution >= 4 is 11.8 Å². The van der Waals surface area contributed by atoms with Gasteiger partial charge in [-0.15, -0.1) is 0 Å². The van der Waals surface area contributed by atoms with E-state index in [1.54, 1.807) is 6.07 Å². The third kappa shape index (κ3) is 4.00. The van der Waals surface area contributed by atoms with Crippen LogP contribution < -0.4 is 5.32 Å². The van der Waals surface area contributed by atoms with Crippen LogP contribution in [0.4, 0.5) is 5.82 Å². The second kappa shape index (κ2) is 6.35. The fraction of sp³-hybridized carbons (Fsp3) is 0.538. The van der Waals surface area contributed by atoms with E-state index >= 15 is 0 Å². The molecule has 1 aromatic heterocycles. The van der Waals surface area contributed by atoms with Crippen LogP contribution in [0.5, 0.6) is 0 Å². The fourth-order valence-electron chi connectivity index (χ4n) is 1.43. The minimum absolute atomic E-state index is 0.154. The quantitative estimate of drug-likeness (QED) is 0.722. The number of aromatic nitrogens is 1. The van der Waals surface area contributed by atoms with Crippen LogP contribution in [0.2, 0.25) is 0 Å². The number of nitrogens with one attached hydrogen (secondary N) is 1. The normalized spacial score (nSPS) is 12.5. The highest BCUT2D eigenvalue weighted by Gasteiger charge is 2.11. The summed E-state index contributed by atoms with van der Waals surface area (Å²) in [4.78, 5) is 15.4. The summed E-state index contributed by atoms with van der Waals surface area (Å²) in [6.07, 6.45) is 0.186.